The van der Waals surface area contributed by atoms with Crippen LogP contribution in [0.4, 0.5) is 5.82 Å². The zero-order valence-corrected chi connectivity index (χ0v) is 18.3. The Morgan fingerprint density at radius 1 is 1.06 bits per heavy atom. The Morgan fingerprint density at radius 3 is 2.56 bits per heavy atom. The molecule has 7 nitrogen and oxygen atoms in total. The number of anilines is 1. The highest BCUT2D eigenvalue weighted by Crippen LogP contribution is 2.31. The van der Waals surface area contributed by atoms with Gasteiger partial charge in [-0.25, -0.2) is 4.98 Å². The van der Waals surface area contributed by atoms with Gasteiger partial charge in [0.1, 0.15) is 5.82 Å². The van der Waals surface area contributed by atoms with Crippen LogP contribution in [-0.2, 0) is 4.79 Å². The van der Waals surface area contributed by atoms with Gasteiger partial charge in [-0.2, -0.15) is 4.98 Å². The zero-order chi connectivity index (χ0) is 22.7. The first-order valence-electron chi connectivity index (χ1n) is 10.0. The van der Waals surface area contributed by atoms with Gasteiger partial charge in [-0.15, -0.1) is 0 Å². The van der Waals surface area contributed by atoms with Gasteiger partial charge in [0.05, 0.1) is 11.4 Å². The molecule has 8 heteroatoms. The number of aliphatic carboxylic acids is 1. The number of nitrogens with one attached hydrogen (secondary N) is 1. The topological polar surface area (TPSA) is 101 Å². The van der Waals surface area contributed by atoms with Crippen molar-refractivity contribution in [3.8, 4) is 34.0 Å². The Kier molecular flexibility index (Phi) is 6.18. The van der Waals surface area contributed by atoms with Gasteiger partial charge in [0.15, 0.2) is 0 Å². The molecule has 162 valence electrons. The van der Waals surface area contributed by atoms with Crippen LogP contribution in [0.1, 0.15) is 17.5 Å². The maximum atomic E-state index is 10.6. The molecule has 4 aromatic rings. The number of hydrogen-bond acceptors (Lipinski definition) is 6. The van der Waals surface area contributed by atoms with E-state index in [1.54, 1.807) is 12.3 Å². The first-order chi connectivity index (χ1) is 15.4. The molecule has 4 rings (SSSR count). The second-order valence-electron chi connectivity index (χ2n) is 7.39. The fourth-order valence-corrected chi connectivity index (χ4v) is 3.64. The van der Waals surface area contributed by atoms with E-state index in [9.17, 15) is 4.79 Å². The maximum Gasteiger partial charge on any atom is 0.305 e. The van der Waals surface area contributed by atoms with Gasteiger partial charge < -0.3 is 14.9 Å². The summed E-state index contributed by atoms with van der Waals surface area (Å²) in [6.45, 7) is 4.38. The molecule has 0 aliphatic carbocycles. The molecule has 0 fully saturated rings. The van der Waals surface area contributed by atoms with E-state index < -0.39 is 5.97 Å². The lowest BCUT2D eigenvalue weighted by atomic mass is 9.95. The van der Waals surface area contributed by atoms with E-state index in [0.717, 1.165) is 16.7 Å². The summed E-state index contributed by atoms with van der Waals surface area (Å²) in [6.07, 6.45) is 1.53. The number of pyridine rings is 1. The number of hydrogen-bond donors (Lipinski definition) is 2. The monoisotopic (exact) mass is 448 g/mol. The first-order valence-corrected chi connectivity index (χ1v) is 10.4. The van der Waals surface area contributed by atoms with Crippen LogP contribution in [0.5, 0.6) is 0 Å². The minimum Gasteiger partial charge on any atom is -0.481 e. The summed E-state index contributed by atoms with van der Waals surface area (Å²) in [4.78, 5) is 19.4. The van der Waals surface area contributed by atoms with Crippen LogP contribution < -0.4 is 5.32 Å². The Labute approximate surface area is 190 Å². The molecule has 0 saturated heterocycles. The average Bonchev–Trinajstić information content (AvgIpc) is 3.25. The van der Waals surface area contributed by atoms with E-state index in [0.29, 0.717) is 28.1 Å². The number of halogens is 1. The Balaban J connectivity index is 1.55. The standard InChI is InChI=1S/C24H21ClN4O3/c1-14-5-3-4-6-18(14)19-8-7-16(11-15(19)2)24-28-22(29-32-24)17-12-20(25)23(27-13-17)26-10-9-21(30)31/h3-8,11-13H,9-10H2,1-2H3,(H,26,27)(H,30,31). The average molecular weight is 449 g/mol. The first kappa shape index (κ1) is 21.5. The van der Waals surface area contributed by atoms with Crippen molar-refractivity contribution in [1.29, 1.82) is 0 Å². The number of aromatic nitrogens is 3. The Bertz CT molecular complexity index is 1290. The number of nitrogens with zero attached hydrogens (tertiary/aromatic N) is 3. The minimum absolute atomic E-state index is 0.0317. The van der Waals surface area contributed by atoms with E-state index in [-0.39, 0.29) is 13.0 Å². The van der Waals surface area contributed by atoms with Crippen LogP contribution in [0.25, 0.3) is 34.0 Å². The lowest BCUT2D eigenvalue weighted by Crippen LogP contribution is -2.08. The molecule has 0 saturated carbocycles. The van der Waals surface area contributed by atoms with Crippen molar-refractivity contribution in [2.45, 2.75) is 20.3 Å². The molecule has 2 N–H and O–H groups in total. The van der Waals surface area contributed by atoms with Crippen molar-refractivity contribution in [1.82, 2.24) is 15.1 Å². The number of carbonyl (C=O) groups is 1. The highest BCUT2D eigenvalue weighted by Gasteiger charge is 2.14. The number of rotatable bonds is 7. The smallest absolute Gasteiger partial charge is 0.305 e. The van der Waals surface area contributed by atoms with Crippen molar-refractivity contribution < 1.29 is 14.4 Å². The van der Waals surface area contributed by atoms with Crippen LogP contribution in [0, 0.1) is 13.8 Å². The normalized spacial score (nSPS) is 10.8. The maximum absolute atomic E-state index is 10.6. The second kappa shape index (κ2) is 9.20. The van der Waals surface area contributed by atoms with Gasteiger partial charge in [-0.05, 0) is 54.3 Å². The van der Waals surface area contributed by atoms with Gasteiger partial charge in [-0.1, -0.05) is 47.1 Å². The Morgan fingerprint density at radius 2 is 1.84 bits per heavy atom. The Hall–Kier alpha value is -3.71. The fraction of sp³-hybridized carbons (Fsp3) is 0.167. The molecule has 0 aliphatic heterocycles. The third-order valence-corrected chi connectivity index (χ3v) is 5.35. The molecule has 0 spiro atoms. The number of carboxylic acids is 1. The van der Waals surface area contributed by atoms with Gasteiger partial charge in [-0.3, -0.25) is 4.79 Å². The molecule has 0 unspecified atom stereocenters. The number of aryl methyl sites for hydroxylation is 2. The molecule has 0 bridgehead atoms. The quantitative estimate of drug-likeness (QED) is 0.378. The summed E-state index contributed by atoms with van der Waals surface area (Å²) in [5, 5.41) is 16.0. The van der Waals surface area contributed by atoms with Crippen molar-refractivity contribution >= 4 is 23.4 Å². The van der Waals surface area contributed by atoms with Crippen LogP contribution in [0.2, 0.25) is 5.02 Å². The zero-order valence-electron chi connectivity index (χ0n) is 17.6. The molecule has 32 heavy (non-hydrogen) atoms. The summed E-state index contributed by atoms with van der Waals surface area (Å²) >= 11 is 6.27. The van der Waals surface area contributed by atoms with Crippen molar-refractivity contribution in [2.24, 2.45) is 0 Å². The third-order valence-electron chi connectivity index (χ3n) is 5.07. The number of carboxylic acid groups (broad SMARTS) is 1. The lowest BCUT2D eigenvalue weighted by Gasteiger charge is -2.10. The molecule has 0 amide bonds. The van der Waals surface area contributed by atoms with E-state index in [4.69, 9.17) is 21.2 Å². The molecule has 0 atom stereocenters. The molecule has 0 aliphatic rings. The van der Waals surface area contributed by atoms with E-state index in [2.05, 4.69) is 52.5 Å². The minimum atomic E-state index is -0.897. The molecular formula is C24H21ClN4O3. The van der Waals surface area contributed by atoms with Crippen molar-refractivity contribution in [3.63, 3.8) is 0 Å². The van der Waals surface area contributed by atoms with Gasteiger partial charge >= 0.3 is 5.97 Å². The SMILES string of the molecule is Cc1ccccc1-c1ccc(-c2nc(-c3cnc(NCCC(=O)O)c(Cl)c3)no2)cc1C. The number of benzene rings is 2. The molecular weight excluding hydrogens is 428 g/mol. The van der Waals surface area contributed by atoms with Crippen LogP contribution in [-0.4, -0.2) is 32.7 Å². The largest absolute Gasteiger partial charge is 0.481 e. The van der Waals surface area contributed by atoms with Crippen molar-refractivity contribution in [3.05, 3.63) is 70.9 Å². The van der Waals surface area contributed by atoms with E-state index in [1.165, 1.54) is 11.1 Å². The van der Waals surface area contributed by atoms with E-state index >= 15 is 0 Å². The van der Waals surface area contributed by atoms with Crippen LogP contribution in [0.15, 0.2) is 59.3 Å². The molecule has 2 aromatic carbocycles. The van der Waals surface area contributed by atoms with Crippen molar-refractivity contribution in [2.75, 3.05) is 11.9 Å². The van der Waals surface area contributed by atoms with Crippen LogP contribution in [0.3, 0.4) is 0 Å². The van der Waals surface area contributed by atoms with Gasteiger partial charge in [0, 0.05) is 23.9 Å². The fourth-order valence-electron chi connectivity index (χ4n) is 3.41. The molecule has 2 aromatic heterocycles. The molecule has 0 radical (unpaired) electrons. The highest BCUT2D eigenvalue weighted by molar-refractivity contribution is 6.33. The summed E-state index contributed by atoms with van der Waals surface area (Å²) in [5.74, 6) is 0.279. The van der Waals surface area contributed by atoms with Gasteiger partial charge in [0.25, 0.3) is 5.89 Å². The predicted molar refractivity (Wildman–Crippen MR) is 124 cm³/mol. The van der Waals surface area contributed by atoms with Gasteiger partial charge in [0.2, 0.25) is 5.82 Å². The second-order valence-corrected chi connectivity index (χ2v) is 7.80. The third kappa shape index (κ3) is 4.63. The lowest BCUT2D eigenvalue weighted by molar-refractivity contribution is -0.136. The summed E-state index contributed by atoms with van der Waals surface area (Å²) in [5.41, 5.74) is 6.10. The summed E-state index contributed by atoms with van der Waals surface area (Å²) in [7, 11) is 0. The summed E-state index contributed by atoms with van der Waals surface area (Å²) < 4.78 is 5.48. The highest BCUT2D eigenvalue weighted by atomic mass is 35.5. The predicted octanol–water partition coefficient (Wildman–Crippen LogP) is 5.62. The molecule has 2 heterocycles. The summed E-state index contributed by atoms with van der Waals surface area (Å²) in [6, 6.07) is 16.0. The van der Waals surface area contributed by atoms with E-state index in [1.807, 2.05) is 24.3 Å². The van der Waals surface area contributed by atoms with Crippen LogP contribution >= 0.6 is 11.6 Å².